The average Bonchev–Trinajstić information content (AvgIpc) is 2.62. The first kappa shape index (κ1) is 19.9. The molecule has 1 heterocycles. The second-order valence-electron chi connectivity index (χ2n) is 5.39. The van der Waals surface area contributed by atoms with Crippen molar-refractivity contribution in [1.29, 1.82) is 0 Å². The van der Waals surface area contributed by atoms with Crippen LogP contribution in [0.2, 0.25) is 5.02 Å². The van der Waals surface area contributed by atoms with Crippen LogP contribution in [-0.4, -0.2) is 34.5 Å². The molecule has 1 amide bonds. The van der Waals surface area contributed by atoms with Crippen molar-refractivity contribution in [1.82, 2.24) is 4.98 Å². The molecule has 1 N–H and O–H groups in total. The average molecular weight is 393 g/mol. The molecule has 2 aromatic rings. The molecule has 0 fully saturated rings. The van der Waals surface area contributed by atoms with Gasteiger partial charge < -0.3 is 10.1 Å². The number of benzene rings is 1. The molecule has 0 saturated carbocycles. The van der Waals surface area contributed by atoms with Crippen molar-refractivity contribution in [2.45, 2.75) is 24.8 Å². The highest BCUT2D eigenvalue weighted by Crippen LogP contribution is 2.23. The standard InChI is InChI=1S/C18H17ClN2O4S/c1-11(22)10-26-15-6-4-3-5-14(15)18(24)25-12(2)17(23)21-16-8-7-13(19)9-20-16/h3-9,12H,10H2,1-2H3,(H,20,21,23)/t12-/m0/s1. The molecule has 0 aliphatic heterocycles. The summed E-state index contributed by atoms with van der Waals surface area (Å²) < 4.78 is 5.24. The third-order valence-electron chi connectivity index (χ3n) is 3.17. The zero-order valence-corrected chi connectivity index (χ0v) is 15.8. The quantitative estimate of drug-likeness (QED) is 0.572. The Morgan fingerprint density at radius 2 is 1.96 bits per heavy atom. The lowest BCUT2D eigenvalue weighted by Crippen LogP contribution is -2.30. The number of amides is 1. The predicted octanol–water partition coefficient (Wildman–Crippen LogP) is 3.60. The van der Waals surface area contributed by atoms with Crippen LogP contribution < -0.4 is 5.32 Å². The molecule has 0 bridgehead atoms. The van der Waals surface area contributed by atoms with E-state index in [2.05, 4.69) is 10.3 Å². The molecule has 136 valence electrons. The minimum Gasteiger partial charge on any atom is -0.449 e. The molecule has 0 saturated heterocycles. The Hall–Kier alpha value is -2.38. The first-order valence-electron chi connectivity index (χ1n) is 7.71. The van der Waals surface area contributed by atoms with E-state index in [4.69, 9.17) is 16.3 Å². The first-order chi connectivity index (χ1) is 12.4. The first-order valence-corrected chi connectivity index (χ1v) is 9.08. The van der Waals surface area contributed by atoms with Gasteiger partial charge in [0.1, 0.15) is 11.6 Å². The van der Waals surface area contributed by atoms with Gasteiger partial charge in [0, 0.05) is 11.1 Å². The minimum atomic E-state index is -1.02. The van der Waals surface area contributed by atoms with Crippen LogP contribution in [0.5, 0.6) is 0 Å². The molecule has 0 aliphatic carbocycles. The Balaban J connectivity index is 2.01. The van der Waals surface area contributed by atoms with Crippen LogP contribution in [0.3, 0.4) is 0 Å². The van der Waals surface area contributed by atoms with Gasteiger partial charge in [-0.15, -0.1) is 11.8 Å². The molecule has 2 rings (SSSR count). The van der Waals surface area contributed by atoms with E-state index >= 15 is 0 Å². The molecule has 0 radical (unpaired) electrons. The fourth-order valence-electron chi connectivity index (χ4n) is 1.90. The van der Waals surface area contributed by atoms with Crippen LogP contribution in [0.15, 0.2) is 47.5 Å². The summed E-state index contributed by atoms with van der Waals surface area (Å²) >= 11 is 6.99. The number of ether oxygens (including phenoxy) is 1. The van der Waals surface area contributed by atoms with Crippen LogP contribution in [-0.2, 0) is 14.3 Å². The molecule has 26 heavy (non-hydrogen) atoms. The van der Waals surface area contributed by atoms with E-state index in [1.807, 2.05) is 0 Å². The highest BCUT2D eigenvalue weighted by molar-refractivity contribution is 8.00. The van der Waals surface area contributed by atoms with Crippen molar-refractivity contribution < 1.29 is 19.1 Å². The summed E-state index contributed by atoms with van der Waals surface area (Å²) in [6.07, 6.45) is 0.377. The number of aromatic nitrogens is 1. The number of halogens is 1. The minimum absolute atomic E-state index is 0.00128. The maximum absolute atomic E-state index is 12.4. The number of esters is 1. The topological polar surface area (TPSA) is 85.4 Å². The number of nitrogens with one attached hydrogen (secondary N) is 1. The highest BCUT2D eigenvalue weighted by atomic mass is 35.5. The lowest BCUT2D eigenvalue weighted by molar-refractivity contribution is -0.123. The third-order valence-corrected chi connectivity index (χ3v) is 4.61. The van der Waals surface area contributed by atoms with Gasteiger partial charge in [-0.2, -0.15) is 0 Å². The molecule has 1 aromatic heterocycles. The Kier molecular flexibility index (Phi) is 7.17. The molecule has 1 aromatic carbocycles. The zero-order chi connectivity index (χ0) is 19.1. The summed E-state index contributed by atoms with van der Waals surface area (Å²) in [4.78, 5) is 40.3. The van der Waals surface area contributed by atoms with Gasteiger partial charge in [-0.05, 0) is 38.1 Å². The van der Waals surface area contributed by atoms with Gasteiger partial charge in [-0.3, -0.25) is 9.59 Å². The SMILES string of the molecule is CC(=O)CSc1ccccc1C(=O)O[C@@H](C)C(=O)Nc1ccc(Cl)cn1. The number of carbonyl (C=O) groups is 3. The van der Waals surface area contributed by atoms with Crippen molar-refractivity contribution in [3.8, 4) is 0 Å². The molecule has 6 nitrogen and oxygen atoms in total. The van der Waals surface area contributed by atoms with Gasteiger partial charge in [0.05, 0.1) is 16.3 Å². The van der Waals surface area contributed by atoms with E-state index in [-0.39, 0.29) is 11.5 Å². The second-order valence-corrected chi connectivity index (χ2v) is 6.84. The molecule has 0 unspecified atom stereocenters. The van der Waals surface area contributed by atoms with Gasteiger partial charge in [-0.1, -0.05) is 23.7 Å². The summed E-state index contributed by atoms with van der Waals surface area (Å²) in [5.74, 6) is -0.589. The molecule has 1 atom stereocenters. The van der Waals surface area contributed by atoms with Gasteiger partial charge in [0.2, 0.25) is 0 Å². The highest BCUT2D eigenvalue weighted by Gasteiger charge is 2.21. The van der Waals surface area contributed by atoms with E-state index in [1.165, 1.54) is 31.8 Å². The number of anilines is 1. The van der Waals surface area contributed by atoms with E-state index in [9.17, 15) is 14.4 Å². The number of hydrogen-bond acceptors (Lipinski definition) is 6. The van der Waals surface area contributed by atoms with E-state index < -0.39 is 18.0 Å². The number of ketones is 1. The lowest BCUT2D eigenvalue weighted by Gasteiger charge is -2.14. The second kappa shape index (κ2) is 9.35. The fourth-order valence-corrected chi connectivity index (χ4v) is 2.85. The van der Waals surface area contributed by atoms with Crippen molar-refractivity contribution in [2.24, 2.45) is 0 Å². The molecular formula is C18H17ClN2O4S. The molecule has 0 aliphatic rings. The summed E-state index contributed by atoms with van der Waals surface area (Å²) in [6.45, 7) is 2.94. The predicted molar refractivity (Wildman–Crippen MR) is 101 cm³/mol. The van der Waals surface area contributed by atoms with E-state index in [0.717, 1.165) is 0 Å². The molecular weight excluding hydrogens is 376 g/mol. The van der Waals surface area contributed by atoms with E-state index in [0.29, 0.717) is 21.3 Å². The number of carbonyl (C=O) groups excluding carboxylic acids is 3. The Labute approximate surface area is 160 Å². The third kappa shape index (κ3) is 5.86. The van der Waals surface area contributed by atoms with Crippen LogP contribution in [0, 0.1) is 0 Å². The normalized spacial score (nSPS) is 11.5. The van der Waals surface area contributed by atoms with Crippen LogP contribution in [0.1, 0.15) is 24.2 Å². The number of Topliss-reactive ketones (excluding diaryl/α,β-unsaturated/α-hetero) is 1. The van der Waals surface area contributed by atoms with Crippen molar-refractivity contribution in [3.05, 3.63) is 53.2 Å². The number of rotatable bonds is 7. The molecule has 8 heteroatoms. The summed E-state index contributed by atoms with van der Waals surface area (Å²) in [5, 5.41) is 2.99. The van der Waals surface area contributed by atoms with Crippen LogP contribution in [0.4, 0.5) is 5.82 Å². The van der Waals surface area contributed by atoms with Crippen LogP contribution >= 0.6 is 23.4 Å². The maximum Gasteiger partial charge on any atom is 0.340 e. The summed E-state index contributed by atoms with van der Waals surface area (Å²) in [7, 11) is 0. The number of nitrogens with zero attached hydrogens (tertiary/aromatic N) is 1. The van der Waals surface area contributed by atoms with Gasteiger partial charge >= 0.3 is 5.97 Å². The van der Waals surface area contributed by atoms with E-state index in [1.54, 1.807) is 36.4 Å². The van der Waals surface area contributed by atoms with Crippen molar-refractivity contribution in [2.75, 3.05) is 11.1 Å². The number of hydrogen-bond donors (Lipinski definition) is 1. The fraction of sp³-hybridized carbons (Fsp3) is 0.222. The Bertz CT molecular complexity index is 811. The lowest BCUT2D eigenvalue weighted by atomic mass is 10.2. The summed E-state index contributed by atoms with van der Waals surface area (Å²) in [5.41, 5.74) is 0.308. The van der Waals surface area contributed by atoms with Gasteiger partial charge in [0.15, 0.2) is 6.10 Å². The summed E-state index contributed by atoms with van der Waals surface area (Å²) in [6, 6.07) is 9.91. The number of thioether (sulfide) groups is 1. The van der Waals surface area contributed by atoms with Crippen molar-refractivity contribution >= 4 is 46.8 Å². The van der Waals surface area contributed by atoms with Crippen LogP contribution in [0.25, 0.3) is 0 Å². The zero-order valence-electron chi connectivity index (χ0n) is 14.2. The number of pyridine rings is 1. The van der Waals surface area contributed by atoms with Crippen molar-refractivity contribution in [3.63, 3.8) is 0 Å². The largest absolute Gasteiger partial charge is 0.449 e. The maximum atomic E-state index is 12.4. The van der Waals surface area contributed by atoms with Gasteiger partial charge in [-0.25, -0.2) is 9.78 Å². The smallest absolute Gasteiger partial charge is 0.340 e. The Morgan fingerprint density at radius 1 is 1.23 bits per heavy atom. The van der Waals surface area contributed by atoms with Gasteiger partial charge in [0.25, 0.3) is 5.91 Å². The monoisotopic (exact) mass is 392 g/mol. The Morgan fingerprint density at radius 3 is 2.62 bits per heavy atom. The molecule has 0 spiro atoms.